The fourth-order valence-corrected chi connectivity index (χ4v) is 3.22. The molecule has 0 bridgehead atoms. The van der Waals surface area contributed by atoms with Crippen LogP contribution in [0.1, 0.15) is 23.7 Å². The Balaban J connectivity index is 1.88. The Morgan fingerprint density at radius 2 is 2.04 bits per heavy atom. The molecule has 3 rings (SSSR count). The quantitative estimate of drug-likeness (QED) is 0.731. The Morgan fingerprint density at radius 1 is 1.25 bits per heavy atom. The van der Waals surface area contributed by atoms with Crippen LogP contribution < -0.4 is 5.56 Å². The van der Waals surface area contributed by atoms with Gasteiger partial charge < -0.3 is 0 Å². The molecule has 0 aliphatic heterocycles. The van der Waals surface area contributed by atoms with E-state index >= 15 is 0 Å². The maximum Gasteiger partial charge on any atom is 0.416 e. The summed E-state index contributed by atoms with van der Waals surface area (Å²) in [6.07, 6.45) is -3.76. The molecule has 1 N–H and O–H groups in total. The van der Waals surface area contributed by atoms with Crippen molar-refractivity contribution in [2.24, 2.45) is 0 Å². The van der Waals surface area contributed by atoms with Gasteiger partial charge in [-0.2, -0.15) is 13.2 Å². The van der Waals surface area contributed by atoms with Crippen LogP contribution in [0.15, 0.2) is 40.3 Å². The molecule has 0 saturated heterocycles. The summed E-state index contributed by atoms with van der Waals surface area (Å²) in [4.78, 5) is 14.1. The van der Waals surface area contributed by atoms with E-state index in [1.165, 1.54) is 23.9 Å². The Kier molecular flexibility index (Phi) is 4.35. The van der Waals surface area contributed by atoms with Crippen LogP contribution in [0.3, 0.4) is 0 Å². The number of hydrogen-bond donors (Lipinski definition) is 1. The molecule has 0 amide bonds. The van der Waals surface area contributed by atoms with Crippen LogP contribution in [0.5, 0.6) is 0 Å². The molecule has 2 heterocycles. The first-order chi connectivity index (χ1) is 11.4. The molecule has 0 aliphatic carbocycles. The number of hydrogen-bond acceptors (Lipinski definition) is 4. The standard InChI is InChI=1S/C15H13F3N4OS/c1-2-11-7-12(23)19-13-20-21-14(22(11)13)24-8-9-4-3-5-10(6-9)15(16,17)18/h3-7H,2,8H2,1H3,(H,19,20,23). The van der Waals surface area contributed by atoms with Crippen molar-refractivity contribution in [3.63, 3.8) is 0 Å². The molecule has 0 radical (unpaired) electrons. The fraction of sp³-hybridized carbons (Fsp3) is 0.267. The van der Waals surface area contributed by atoms with E-state index in [0.29, 0.717) is 28.7 Å². The van der Waals surface area contributed by atoms with Gasteiger partial charge in [0.15, 0.2) is 5.16 Å². The van der Waals surface area contributed by atoms with Gasteiger partial charge in [0.2, 0.25) is 5.78 Å². The summed E-state index contributed by atoms with van der Waals surface area (Å²) in [6.45, 7) is 1.90. The summed E-state index contributed by atoms with van der Waals surface area (Å²) in [5.74, 6) is 0.637. The van der Waals surface area contributed by atoms with Crippen molar-refractivity contribution in [1.29, 1.82) is 0 Å². The van der Waals surface area contributed by atoms with Crippen molar-refractivity contribution in [3.8, 4) is 0 Å². The molecule has 0 atom stereocenters. The largest absolute Gasteiger partial charge is 0.416 e. The van der Waals surface area contributed by atoms with Crippen LogP contribution in [0, 0.1) is 0 Å². The highest BCUT2D eigenvalue weighted by atomic mass is 32.2. The van der Waals surface area contributed by atoms with E-state index < -0.39 is 11.7 Å². The number of H-pyrrole nitrogens is 1. The number of halogens is 3. The molecule has 1 aromatic carbocycles. The summed E-state index contributed by atoms with van der Waals surface area (Å²) in [6, 6.07) is 6.65. The molecular weight excluding hydrogens is 341 g/mol. The van der Waals surface area contributed by atoms with E-state index in [0.717, 1.165) is 17.8 Å². The van der Waals surface area contributed by atoms with E-state index in [-0.39, 0.29) is 5.56 Å². The number of aryl methyl sites for hydroxylation is 1. The van der Waals surface area contributed by atoms with E-state index in [1.807, 2.05) is 6.92 Å². The summed E-state index contributed by atoms with van der Waals surface area (Å²) >= 11 is 1.26. The molecule has 0 spiro atoms. The third-order valence-electron chi connectivity index (χ3n) is 3.44. The highest BCUT2D eigenvalue weighted by Crippen LogP contribution is 2.31. The zero-order valence-electron chi connectivity index (χ0n) is 12.6. The van der Waals surface area contributed by atoms with Gasteiger partial charge in [0.25, 0.3) is 5.56 Å². The topological polar surface area (TPSA) is 63.0 Å². The van der Waals surface area contributed by atoms with E-state index in [4.69, 9.17) is 0 Å². The number of fused-ring (bicyclic) bond motifs is 1. The zero-order valence-corrected chi connectivity index (χ0v) is 13.4. The lowest BCUT2D eigenvalue weighted by atomic mass is 10.1. The Morgan fingerprint density at radius 3 is 2.75 bits per heavy atom. The molecule has 0 fully saturated rings. The number of aromatic amines is 1. The van der Waals surface area contributed by atoms with E-state index in [1.54, 1.807) is 10.5 Å². The minimum atomic E-state index is -4.36. The number of rotatable bonds is 4. The van der Waals surface area contributed by atoms with Gasteiger partial charge in [-0.25, -0.2) is 0 Å². The Labute approximate surface area is 138 Å². The van der Waals surface area contributed by atoms with E-state index in [2.05, 4.69) is 15.2 Å². The lowest BCUT2D eigenvalue weighted by Crippen LogP contribution is -2.11. The summed E-state index contributed by atoms with van der Waals surface area (Å²) in [7, 11) is 0. The molecule has 3 aromatic rings. The highest BCUT2D eigenvalue weighted by Gasteiger charge is 2.30. The van der Waals surface area contributed by atoms with Crippen LogP contribution in [-0.4, -0.2) is 19.6 Å². The van der Waals surface area contributed by atoms with Gasteiger partial charge in [0.1, 0.15) is 0 Å². The van der Waals surface area contributed by atoms with Crippen molar-refractivity contribution in [2.45, 2.75) is 30.4 Å². The van der Waals surface area contributed by atoms with Crippen molar-refractivity contribution in [1.82, 2.24) is 19.6 Å². The lowest BCUT2D eigenvalue weighted by molar-refractivity contribution is -0.137. The molecule has 9 heteroatoms. The van der Waals surface area contributed by atoms with Crippen LogP contribution in [-0.2, 0) is 18.3 Å². The molecule has 0 aliphatic rings. The number of alkyl halides is 3. The Bertz CT molecular complexity index is 932. The maximum absolute atomic E-state index is 12.8. The fourth-order valence-electron chi connectivity index (χ4n) is 2.31. The van der Waals surface area contributed by atoms with Gasteiger partial charge >= 0.3 is 6.18 Å². The second kappa shape index (κ2) is 6.31. The average molecular weight is 354 g/mol. The smallest absolute Gasteiger partial charge is 0.291 e. The van der Waals surface area contributed by atoms with Gasteiger partial charge in [0, 0.05) is 17.5 Å². The molecule has 5 nitrogen and oxygen atoms in total. The molecular formula is C15H13F3N4OS. The molecule has 0 saturated carbocycles. The summed E-state index contributed by atoms with van der Waals surface area (Å²) in [5, 5.41) is 8.45. The third kappa shape index (κ3) is 3.30. The second-order valence-corrected chi connectivity index (χ2v) is 6.05. The van der Waals surface area contributed by atoms with E-state index in [9.17, 15) is 18.0 Å². The number of benzene rings is 1. The number of nitrogens with zero attached hydrogens (tertiary/aromatic N) is 3. The SMILES string of the molecule is CCc1cc(=O)[nH]c2nnc(SCc3cccc(C(F)(F)F)c3)n12. The molecule has 126 valence electrons. The van der Waals surface area contributed by atoms with Gasteiger partial charge in [0.05, 0.1) is 5.56 Å². The lowest BCUT2D eigenvalue weighted by Gasteiger charge is -2.08. The van der Waals surface area contributed by atoms with Crippen LogP contribution in [0.25, 0.3) is 5.78 Å². The minimum absolute atomic E-state index is 0.263. The minimum Gasteiger partial charge on any atom is -0.291 e. The van der Waals surface area contributed by atoms with Gasteiger partial charge in [-0.3, -0.25) is 14.2 Å². The van der Waals surface area contributed by atoms with Crippen molar-refractivity contribution in [3.05, 3.63) is 57.5 Å². The third-order valence-corrected chi connectivity index (χ3v) is 4.44. The number of thioether (sulfide) groups is 1. The van der Waals surface area contributed by atoms with Crippen molar-refractivity contribution < 1.29 is 13.2 Å². The number of nitrogens with one attached hydrogen (secondary N) is 1. The molecule has 24 heavy (non-hydrogen) atoms. The first kappa shape index (κ1) is 16.6. The van der Waals surface area contributed by atoms with Crippen LogP contribution in [0.2, 0.25) is 0 Å². The van der Waals surface area contributed by atoms with Crippen LogP contribution >= 0.6 is 11.8 Å². The molecule has 2 aromatic heterocycles. The zero-order chi connectivity index (χ0) is 17.3. The van der Waals surface area contributed by atoms with Gasteiger partial charge in [-0.1, -0.05) is 36.9 Å². The summed E-state index contributed by atoms with van der Waals surface area (Å²) < 4.78 is 40.0. The normalized spacial score (nSPS) is 12.0. The molecule has 0 unspecified atom stereocenters. The first-order valence-electron chi connectivity index (χ1n) is 7.14. The summed E-state index contributed by atoms with van der Waals surface area (Å²) in [5.41, 5.74) is 0.339. The first-order valence-corrected chi connectivity index (χ1v) is 8.13. The number of aromatic nitrogens is 4. The van der Waals surface area contributed by atoms with Gasteiger partial charge in [-0.05, 0) is 18.1 Å². The van der Waals surface area contributed by atoms with Gasteiger partial charge in [-0.15, -0.1) is 10.2 Å². The average Bonchev–Trinajstić information content (AvgIpc) is 2.94. The monoisotopic (exact) mass is 354 g/mol. The second-order valence-electron chi connectivity index (χ2n) is 5.11. The predicted molar refractivity (Wildman–Crippen MR) is 84.0 cm³/mol. The highest BCUT2D eigenvalue weighted by molar-refractivity contribution is 7.98. The Hall–Kier alpha value is -2.29. The van der Waals surface area contributed by atoms with Crippen molar-refractivity contribution in [2.75, 3.05) is 0 Å². The van der Waals surface area contributed by atoms with Crippen LogP contribution in [0.4, 0.5) is 13.2 Å². The van der Waals surface area contributed by atoms with Crippen molar-refractivity contribution >= 4 is 17.5 Å². The predicted octanol–water partition coefficient (Wildman–Crippen LogP) is 3.29. The maximum atomic E-state index is 12.8.